The van der Waals surface area contributed by atoms with Crippen LogP contribution in [0.4, 0.5) is 0 Å². The van der Waals surface area contributed by atoms with E-state index in [0.717, 1.165) is 48.4 Å². The minimum atomic E-state index is -0.176. The van der Waals surface area contributed by atoms with Crippen LogP contribution in [0.25, 0.3) is 11.0 Å². The van der Waals surface area contributed by atoms with Crippen molar-refractivity contribution in [2.45, 2.75) is 39.7 Å². The van der Waals surface area contributed by atoms with E-state index in [-0.39, 0.29) is 11.8 Å². The number of aryl methyl sites for hydroxylation is 2. The first-order valence-electron chi connectivity index (χ1n) is 10.4. The van der Waals surface area contributed by atoms with Gasteiger partial charge < -0.3 is 10.2 Å². The summed E-state index contributed by atoms with van der Waals surface area (Å²) in [5, 5.41) is 2.94. The fourth-order valence-corrected chi connectivity index (χ4v) is 3.75. The molecule has 1 aliphatic rings. The Morgan fingerprint density at radius 2 is 1.63 bits per heavy atom. The first-order valence-corrected chi connectivity index (χ1v) is 10.4. The predicted molar refractivity (Wildman–Crippen MR) is 116 cm³/mol. The second-order valence-electron chi connectivity index (χ2n) is 7.83. The number of aromatic nitrogens is 2. The molecular formula is C24H26N4O2. The Bertz CT molecular complexity index is 1100. The van der Waals surface area contributed by atoms with Crippen molar-refractivity contribution in [1.29, 1.82) is 0 Å². The Hall–Kier alpha value is -3.28. The summed E-state index contributed by atoms with van der Waals surface area (Å²) in [6.45, 7) is 5.84. The van der Waals surface area contributed by atoms with Gasteiger partial charge in [0, 0.05) is 30.8 Å². The number of hydrogen-bond acceptors (Lipinski definition) is 4. The number of amides is 2. The Morgan fingerprint density at radius 3 is 2.40 bits per heavy atom. The molecule has 4 rings (SSSR count). The lowest BCUT2D eigenvalue weighted by molar-refractivity contribution is 0.0724. The van der Waals surface area contributed by atoms with E-state index in [9.17, 15) is 9.59 Å². The van der Waals surface area contributed by atoms with Crippen LogP contribution < -0.4 is 5.32 Å². The molecule has 2 aromatic carbocycles. The van der Waals surface area contributed by atoms with Gasteiger partial charge in [0.05, 0.1) is 22.4 Å². The first kappa shape index (κ1) is 20.0. The highest BCUT2D eigenvalue weighted by atomic mass is 16.2. The predicted octanol–water partition coefficient (Wildman–Crippen LogP) is 3.80. The van der Waals surface area contributed by atoms with E-state index in [1.54, 1.807) is 12.1 Å². The van der Waals surface area contributed by atoms with E-state index in [0.29, 0.717) is 23.2 Å². The monoisotopic (exact) mass is 402 g/mol. The number of benzene rings is 2. The fraction of sp³-hybridized carbons (Fsp3) is 0.333. The molecule has 6 nitrogen and oxygen atoms in total. The average molecular weight is 402 g/mol. The standard InChI is InChI=1S/C24H26N4O2/c1-16-17(2)27-22-14-19(9-10-21(22)26-16)23(29)25-15-18-7-6-8-20(13-18)24(30)28-11-4-3-5-12-28/h6-10,13-14H,3-5,11-12,15H2,1-2H3,(H,25,29). The molecule has 0 aliphatic carbocycles. The topological polar surface area (TPSA) is 75.2 Å². The molecule has 154 valence electrons. The lowest BCUT2D eigenvalue weighted by Gasteiger charge is -2.26. The molecule has 30 heavy (non-hydrogen) atoms. The van der Waals surface area contributed by atoms with E-state index in [1.807, 2.05) is 49.1 Å². The molecule has 0 unspecified atom stereocenters. The third kappa shape index (κ3) is 4.32. The van der Waals surface area contributed by atoms with E-state index in [2.05, 4.69) is 15.3 Å². The van der Waals surface area contributed by atoms with Crippen molar-refractivity contribution in [3.8, 4) is 0 Å². The maximum atomic E-state index is 12.7. The van der Waals surface area contributed by atoms with Gasteiger partial charge in [0.25, 0.3) is 11.8 Å². The lowest BCUT2D eigenvalue weighted by atomic mass is 10.1. The summed E-state index contributed by atoms with van der Waals surface area (Å²) in [5.74, 6) is -0.105. The molecule has 0 radical (unpaired) electrons. The number of rotatable bonds is 4. The van der Waals surface area contributed by atoms with Gasteiger partial charge >= 0.3 is 0 Å². The molecule has 0 bridgehead atoms. The molecular weight excluding hydrogens is 376 g/mol. The van der Waals surface area contributed by atoms with Crippen LogP contribution >= 0.6 is 0 Å². The number of carbonyl (C=O) groups excluding carboxylic acids is 2. The molecule has 6 heteroatoms. The second-order valence-corrected chi connectivity index (χ2v) is 7.83. The van der Waals surface area contributed by atoms with Crippen LogP contribution in [0.3, 0.4) is 0 Å². The van der Waals surface area contributed by atoms with Crippen molar-refractivity contribution in [1.82, 2.24) is 20.2 Å². The van der Waals surface area contributed by atoms with Crippen LogP contribution in [0.15, 0.2) is 42.5 Å². The normalized spacial score (nSPS) is 14.0. The van der Waals surface area contributed by atoms with Crippen LogP contribution in [-0.4, -0.2) is 39.8 Å². The summed E-state index contributed by atoms with van der Waals surface area (Å²) in [6, 6.07) is 12.9. The fourth-order valence-electron chi connectivity index (χ4n) is 3.75. The molecule has 1 aromatic heterocycles. The molecule has 0 atom stereocenters. The molecule has 0 spiro atoms. The summed E-state index contributed by atoms with van der Waals surface area (Å²) in [5.41, 5.74) is 5.35. The maximum absolute atomic E-state index is 12.7. The summed E-state index contributed by atoms with van der Waals surface area (Å²) in [6.07, 6.45) is 3.32. The smallest absolute Gasteiger partial charge is 0.253 e. The molecule has 1 fully saturated rings. The maximum Gasteiger partial charge on any atom is 0.253 e. The molecule has 0 saturated carbocycles. The molecule has 2 amide bonds. The second kappa shape index (κ2) is 8.61. The summed E-state index contributed by atoms with van der Waals surface area (Å²) < 4.78 is 0. The Kier molecular flexibility index (Phi) is 5.74. The quantitative estimate of drug-likeness (QED) is 0.720. The number of carbonyl (C=O) groups is 2. The van der Waals surface area contributed by atoms with Crippen molar-refractivity contribution < 1.29 is 9.59 Å². The van der Waals surface area contributed by atoms with Crippen LogP contribution in [0.1, 0.15) is 56.9 Å². The Labute approximate surface area is 176 Å². The molecule has 1 aliphatic heterocycles. The first-order chi connectivity index (χ1) is 14.5. The minimum absolute atomic E-state index is 0.0710. The van der Waals surface area contributed by atoms with E-state index < -0.39 is 0 Å². The van der Waals surface area contributed by atoms with Crippen molar-refractivity contribution in [2.75, 3.05) is 13.1 Å². The van der Waals surface area contributed by atoms with Gasteiger partial charge in [-0.1, -0.05) is 12.1 Å². The number of fused-ring (bicyclic) bond motifs is 1. The number of nitrogens with one attached hydrogen (secondary N) is 1. The lowest BCUT2D eigenvalue weighted by Crippen LogP contribution is -2.35. The zero-order chi connectivity index (χ0) is 21.1. The molecule has 1 N–H and O–H groups in total. The van der Waals surface area contributed by atoms with E-state index >= 15 is 0 Å². The third-order valence-electron chi connectivity index (χ3n) is 5.61. The van der Waals surface area contributed by atoms with Crippen molar-refractivity contribution in [3.63, 3.8) is 0 Å². The van der Waals surface area contributed by atoms with E-state index in [4.69, 9.17) is 0 Å². The summed E-state index contributed by atoms with van der Waals surface area (Å²) in [7, 11) is 0. The highest BCUT2D eigenvalue weighted by Gasteiger charge is 2.18. The van der Waals surface area contributed by atoms with Gasteiger partial charge in [-0.05, 0) is 69.0 Å². The minimum Gasteiger partial charge on any atom is -0.348 e. The Balaban J connectivity index is 1.44. The number of piperidine rings is 1. The van der Waals surface area contributed by atoms with Gasteiger partial charge in [-0.2, -0.15) is 0 Å². The van der Waals surface area contributed by atoms with Crippen LogP contribution in [-0.2, 0) is 6.54 Å². The summed E-state index contributed by atoms with van der Waals surface area (Å²) in [4.78, 5) is 36.3. The highest BCUT2D eigenvalue weighted by Crippen LogP contribution is 2.16. The van der Waals surface area contributed by atoms with Crippen LogP contribution in [0.5, 0.6) is 0 Å². The summed E-state index contributed by atoms with van der Waals surface area (Å²) >= 11 is 0. The van der Waals surface area contributed by atoms with Gasteiger partial charge in [0.2, 0.25) is 0 Å². The zero-order valence-electron chi connectivity index (χ0n) is 17.4. The van der Waals surface area contributed by atoms with Crippen molar-refractivity contribution >= 4 is 22.8 Å². The van der Waals surface area contributed by atoms with Gasteiger partial charge in [-0.3, -0.25) is 9.59 Å². The van der Waals surface area contributed by atoms with Gasteiger partial charge in [0.1, 0.15) is 0 Å². The number of likely N-dealkylation sites (tertiary alicyclic amines) is 1. The average Bonchev–Trinajstić information content (AvgIpc) is 2.78. The van der Waals surface area contributed by atoms with Crippen molar-refractivity contribution in [3.05, 3.63) is 70.5 Å². The van der Waals surface area contributed by atoms with Crippen LogP contribution in [0, 0.1) is 13.8 Å². The van der Waals surface area contributed by atoms with Crippen LogP contribution in [0.2, 0.25) is 0 Å². The molecule has 3 aromatic rings. The van der Waals surface area contributed by atoms with Crippen molar-refractivity contribution in [2.24, 2.45) is 0 Å². The number of hydrogen-bond donors (Lipinski definition) is 1. The molecule has 1 saturated heterocycles. The third-order valence-corrected chi connectivity index (χ3v) is 5.61. The van der Waals surface area contributed by atoms with Gasteiger partial charge in [-0.15, -0.1) is 0 Å². The molecule has 2 heterocycles. The highest BCUT2D eigenvalue weighted by molar-refractivity contribution is 5.97. The SMILES string of the molecule is Cc1nc2ccc(C(=O)NCc3cccc(C(=O)N4CCCCC4)c3)cc2nc1C. The van der Waals surface area contributed by atoms with E-state index in [1.165, 1.54) is 6.42 Å². The Morgan fingerprint density at radius 1 is 0.900 bits per heavy atom. The number of nitrogens with zero attached hydrogens (tertiary/aromatic N) is 3. The largest absolute Gasteiger partial charge is 0.348 e. The van der Waals surface area contributed by atoms with Gasteiger partial charge in [-0.25, -0.2) is 9.97 Å². The van der Waals surface area contributed by atoms with Gasteiger partial charge in [0.15, 0.2) is 0 Å². The zero-order valence-corrected chi connectivity index (χ0v) is 17.4.